The second-order valence-electron chi connectivity index (χ2n) is 7.55. The van der Waals surface area contributed by atoms with Crippen molar-refractivity contribution >= 4 is 40.6 Å². The molecule has 0 radical (unpaired) electrons. The van der Waals surface area contributed by atoms with Crippen molar-refractivity contribution in [2.75, 3.05) is 26.7 Å². The van der Waals surface area contributed by atoms with Crippen LogP contribution in [0.15, 0.2) is 39.7 Å². The van der Waals surface area contributed by atoms with Crippen LogP contribution >= 0.6 is 11.8 Å². The molecule has 3 heterocycles. The number of nitrogens with zero attached hydrogens (tertiary/aromatic N) is 3. The first-order valence-corrected chi connectivity index (χ1v) is 11.1. The van der Waals surface area contributed by atoms with Crippen molar-refractivity contribution in [1.82, 2.24) is 9.80 Å². The molecule has 0 unspecified atom stereocenters. The quantitative estimate of drug-likeness (QED) is 0.353. The van der Waals surface area contributed by atoms with Crippen LogP contribution in [0.3, 0.4) is 0 Å². The molecule has 11 heteroatoms. The lowest BCUT2D eigenvalue weighted by molar-refractivity contribution is -0.384. The molecule has 2 fully saturated rings. The van der Waals surface area contributed by atoms with Crippen LogP contribution in [-0.2, 0) is 9.59 Å². The molecule has 1 aromatic heterocycles. The molecule has 3 amide bonds. The predicted octanol–water partition coefficient (Wildman–Crippen LogP) is 3.91. The van der Waals surface area contributed by atoms with Gasteiger partial charge in [-0.1, -0.05) is 0 Å². The number of rotatable bonds is 6. The number of thioether (sulfide) groups is 1. The van der Waals surface area contributed by atoms with Gasteiger partial charge in [-0.15, -0.1) is 0 Å². The zero-order chi connectivity index (χ0) is 23.5. The Hall–Kier alpha value is -3.60. The maximum atomic E-state index is 12.7. The van der Waals surface area contributed by atoms with Crippen LogP contribution < -0.4 is 4.74 Å². The molecule has 1 aromatic carbocycles. The van der Waals surface area contributed by atoms with Gasteiger partial charge in [0.25, 0.3) is 16.8 Å². The Labute approximate surface area is 193 Å². The standard InChI is InChI=1S/C22H21N3O7S/c1-31-14-5-7-16(17(11-14)25(29)30)18-8-6-15(32-18)12-19-21(27)24(22(28)33-19)13-20(26)23-9-3-2-4-10-23/h5-8,11-12H,2-4,9-10,13H2,1H3/b19-12-. The maximum absolute atomic E-state index is 12.7. The van der Waals surface area contributed by atoms with Gasteiger partial charge >= 0.3 is 0 Å². The van der Waals surface area contributed by atoms with Crippen LogP contribution in [-0.4, -0.2) is 58.5 Å². The van der Waals surface area contributed by atoms with E-state index in [4.69, 9.17) is 9.15 Å². The van der Waals surface area contributed by atoms with E-state index < -0.39 is 16.1 Å². The van der Waals surface area contributed by atoms with E-state index in [9.17, 15) is 24.5 Å². The van der Waals surface area contributed by atoms with E-state index in [1.165, 1.54) is 25.3 Å². The molecule has 2 aromatic rings. The van der Waals surface area contributed by atoms with E-state index in [0.29, 0.717) is 18.8 Å². The van der Waals surface area contributed by atoms with Gasteiger partial charge in [0.15, 0.2) is 0 Å². The fourth-order valence-electron chi connectivity index (χ4n) is 3.72. The minimum Gasteiger partial charge on any atom is -0.497 e. The number of carbonyl (C=O) groups excluding carboxylic acids is 3. The number of likely N-dealkylation sites (tertiary alicyclic amines) is 1. The minimum absolute atomic E-state index is 0.122. The monoisotopic (exact) mass is 471 g/mol. The third-order valence-corrected chi connectivity index (χ3v) is 6.35. The lowest BCUT2D eigenvalue weighted by atomic mass is 10.1. The van der Waals surface area contributed by atoms with Gasteiger partial charge in [-0.2, -0.15) is 0 Å². The fourth-order valence-corrected chi connectivity index (χ4v) is 4.54. The Kier molecular flexibility index (Phi) is 6.50. The average molecular weight is 471 g/mol. The second kappa shape index (κ2) is 9.49. The number of imide groups is 1. The van der Waals surface area contributed by atoms with Crippen molar-refractivity contribution < 1.29 is 28.5 Å². The van der Waals surface area contributed by atoms with E-state index >= 15 is 0 Å². The van der Waals surface area contributed by atoms with Crippen molar-refractivity contribution in [1.29, 1.82) is 0 Å². The number of nitro groups is 1. The van der Waals surface area contributed by atoms with Crippen molar-refractivity contribution in [3.8, 4) is 17.1 Å². The Morgan fingerprint density at radius 2 is 1.97 bits per heavy atom. The Morgan fingerprint density at radius 1 is 1.21 bits per heavy atom. The van der Waals surface area contributed by atoms with Crippen molar-refractivity contribution in [3.63, 3.8) is 0 Å². The minimum atomic E-state index is -0.566. The zero-order valence-corrected chi connectivity index (χ0v) is 18.6. The summed E-state index contributed by atoms with van der Waals surface area (Å²) in [5, 5.41) is 10.9. The van der Waals surface area contributed by atoms with Gasteiger partial charge in [-0.3, -0.25) is 29.4 Å². The first kappa shape index (κ1) is 22.6. The average Bonchev–Trinajstić information content (AvgIpc) is 3.39. The highest BCUT2D eigenvalue weighted by Gasteiger charge is 2.37. The molecular formula is C22H21N3O7S. The Morgan fingerprint density at radius 3 is 2.67 bits per heavy atom. The molecule has 172 valence electrons. The topological polar surface area (TPSA) is 123 Å². The highest BCUT2D eigenvalue weighted by atomic mass is 32.2. The summed E-state index contributed by atoms with van der Waals surface area (Å²) in [5.74, 6) is 0.0113. The molecule has 2 aliphatic rings. The van der Waals surface area contributed by atoms with Crippen LogP contribution in [0, 0.1) is 10.1 Å². The fraction of sp³-hybridized carbons (Fsp3) is 0.318. The second-order valence-corrected chi connectivity index (χ2v) is 8.54. The van der Waals surface area contributed by atoms with E-state index in [2.05, 4.69) is 0 Å². The van der Waals surface area contributed by atoms with E-state index in [-0.39, 0.29) is 40.1 Å². The number of benzene rings is 1. The smallest absolute Gasteiger partial charge is 0.294 e. The maximum Gasteiger partial charge on any atom is 0.294 e. The highest BCUT2D eigenvalue weighted by Crippen LogP contribution is 2.36. The molecule has 0 N–H and O–H groups in total. The summed E-state index contributed by atoms with van der Waals surface area (Å²) in [6, 6.07) is 7.48. The summed E-state index contributed by atoms with van der Waals surface area (Å²) in [6.45, 7) is 0.985. The third kappa shape index (κ3) is 4.77. The van der Waals surface area contributed by atoms with Gasteiger partial charge < -0.3 is 14.1 Å². The van der Waals surface area contributed by atoms with Crippen molar-refractivity contribution in [2.24, 2.45) is 0 Å². The largest absolute Gasteiger partial charge is 0.497 e. The Bertz CT molecular complexity index is 1150. The highest BCUT2D eigenvalue weighted by molar-refractivity contribution is 8.18. The first-order valence-electron chi connectivity index (χ1n) is 10.3. The molecule has 10 nitrogen and oxygen atoms in total. The van der Waals surface area contributed by atoms with Crippen molar-refractivity contribution in [3.05, 3.63) is 51.1 Å². The van der Waals surface area contributed by atoms with Crippen LogP contribution in [0.2, 0.25) is 0 Å². The van der Waals surface area contributed by atoms with E-state index in [0.717, 1.165) is 35.9 Å². The van der Waals surface area contributed by atoms with Gasteiger partial charge in [-0.05, 0) is 55.3 Å². The SMILES string of the molecule is COc1ccc(-c2ccc(/C=C3\SC(=O)N(CC(=O)N4CCCCC4)C3=O)o2)c([N+](=O)[O-])c1. The molecule has 0 atom stereocenters. The molecular weight excluding hydrogens is 450 g/mol. The van der Waals surface area contributed by atoms with Crippen LogP contribution in [0.1, 0.15) is 25.0 Å². The summed E-state index contributed by atoms with van der Waals surface area (Å²) < 4.78 is 10.7. The first-order chi connectivity index (χ1) is 15.9. The molecule has 4 rings (SSSR count). The molecule has 0 spiro atoms. The Balaban J connectivity index is 1.51. The third-order valence-electron chi connectivity index (χ3n) is 5.44. The van der Waals surface area contributed by atoms with Crippen LogP contribution in [0.25, 0.3) is 17.4 Å². The number of hydrogen-bond acceptors (Lipinski definition) is 8. The summed E-state index contributed by atoms with van der Waals surface area (Å²) in [5.41, 5.74) is 0.0625. The summed E-state index contributed by atoms with van der Waals surface area (Å²) >= 11 is 0.726. The van der Waals surface area contributed by atoms with Gasteiger partial charge in [-0.25, -0.2) is 0 Å². The van der Waals surface area contributed by atoms with E-state index in [1.807, 2.05) is 0 Å². The predicted molar refractivity (Wildman–Crippen MR) is 120 cm³/mol. The van der Waals surface area contributed by atoms with Crippen molar-refractivity contribution in [2.45, 2.75) is 19.3 Å². The molecule has 0 saturated carbocycles. The molecule has 2 saturated heterocycles. The lowest BCUT2D eigenvalue weighted by Gasteiger charge is -2.27. The van der Waals surface area contributed by atoms with Gasteiger partial charge in [0, 0.05) is 19.2 Å². The van der Waals surface area contributed by atoms with Gasteiger partial charge in [0.2, 0.25) is 5.91 Å². The normalized spacial score (nSPS) is 17.7. The number of nitro benzene ring substituents is 1. The lowest BCUT2D eigenvalue weighted by Crippen LogP contribution is -2.44. The van der Waals surface area contributed by atoms with E-state index in [1.54, 1.807) is 23.1 Å². The number of carbonyl (C=O) groups is 3. The molecule has 0 bridgehead atoms. The van der Waals surface area contributed by atoms with Crippen LogP contribution in [0.5, 0.6) is 5.75 Å². The number of methoxy groups -OCH3 is 1. The van der Waals surface area contributed by atoms with Gasteiger partial charge in [0.05, 0.1) is 28.6 Å². The number of hydrogen-bond donors (Lipinski definition) is 0. The van der Waals surface area contributed by atoms with Gasteiger partial charge in [0.1, 0.15) is 23.8 Å². The van der Waals surface area contributed by atoms with Crippen LogP contribution in [0.4, 0.5) is 10.5 Å². The number of amides is 3. The zero-order valence-electron chi connectivity index (χ0n) is 17.8. The molecule has 33 heavy (non-hydrogen) atoms. The number of piperidine rings is 1. The molecule has 0 aliphatic carbocycles. The number of furan rings is 1. The molecule has 2 aliphatic heterocycles. The summed E-state index contributed by atoms with van der Waals surface area (Å²) in [4.78, 5) is 51.2. The summed E-state index contributed by atoms with van der Waals surface area (Å²) in [7, 11) is 1.41. The number of ether oxygens (including phenoxy) is 1. The summed E-state index contributed by atoms with van der Waals surface area (Å²) in [6.07, 6.45) is 4.30.